The van der Waals surface area contributed by atoms with Gasteiger partial charge in [-0.05, 0) is 25.8 Å². The average molecular weight is 464 g/mol. The molecule has 0 saturated carbocycles. The first-order valence-electron chi connectivity index (χ1n) is 9.45. The highest BCUT2D eigenvalue weighted by Gasteiger charge is 2.34. The number of fused-ring (bicyclic) bond motifs is 1. The first kappa shape index (κ1) is 21.1. The summed E-state index contributed by atoms with van der Waals surface area (Å²) in [5, 5.41) is 19.4. The van der Waals surface area contributed by atoms with E-state index in [2.05, 4.69) is 25.5 Å². The molecule has 1 aliphatic rings. The van der Waals surface area contributed by atoms with Gasteiger partial charge in [0.05, 0.1) is 10.0 Å². The van der Waals surface area contributed by atoms with E-state index in [1.54, 1.807) is 18.2 Å². The molecule has 1 aromatic carbocycles. The highest BCUT2D eigenvalue weighted by molar-refractivity contribution is 6.43. The summed E-state index contributed by atoms with van der Waals surface area (Å²) in [7, 11) is 0. The van der Waals surface area contributed by atoms with Crippen LogP contribution in [-0.2, 0) is 0 Å². The van der Waals surface area contributed by atoms with Crippen molar-refractivity contribution in [2.75, 3.05) is 18.0 Å². The van der Waals surface area contributed by atoms with Crippen molar-refractivity contribution in [2.45, 2.75) is 25.3 Å². The molecule has 1 aliphatic heterocycles. The Bertz CT molecular complexity index is 1190. The number of primary amides is 1. The predicted octanol–water partition coefficient (Wildman–Crippen LogP) is 3.05. The second kappa shape index (κ2) is 7.86. The molecule has 3 aromatic rings. The molecule has 0 radical (unpaired) electrons. The number of nitrogens with one attached hydrogen (secondary N) is 2. The number of nitrogens with two attached hydrogens (primary N) is 1. The number of hydrogen-bond acceptors (Lipinski definition) is 6. The van der Waals surface area contributed by atoms with E-state index < -0.39 is 17.5 Å². The van der Waals surface area contributed by atoms with Gasteiger partial charge in [0.1, 0.15) is 11.2 Å². The number of carbonyl (C=O) groups excluding carboxylic acids is 1. The number of aromatic amines is 1. The first-order chi connectivity index (χ1) is 14.7. The maximum atomic E-state index is 12.2. The number of H-pyrrole nitrogens is 1. The molecule has 31 heavy (non-hydrogen) atoms. The summed E-state index contributed by atoms with van der Waals surface area (Å²) in [5.74, 6) is -0.407. The lowest BCUT2D eigenvalue weighted by Gasteiger charge is -2.39. The van der Waals surface area contributed by atoms with Crippen LogP contribution in [0.25, 0.3) is 22.4 Å². The molecule has 0 bridgehead atoms. The Kier molecular flexibility index (Phi) is 5.36. The van der Waals surface area contributed by atoms with Gasteiger partial charge in [-0.1, -0.05) is 35.3 Å². The summed E-state index contributed by atoms with van der Waals surface area (Å²) in [5.41, 5.74) is 6.71. The maximum absolute atomic E-state index is 12.2. The Hall–Kier alpha value is -3.11. The first-order valence-corrected chi connectivity index (χ1v) is 10.2. The van der Waals surface area contributed by atoms with Gasteiger partial charge in [-0.3, -0.25) is 9.89 Å². The van der Waals surface area contributed by atoms with Crippen molar-refractivity contribution in [3.05, 3.63) is 33.9 Å². The van der Waals surface area contributed by atoms with Crippen LogP contribution in [0.2, 0.25) is 10.0 Å². The van der Waals surface area contributed by atoms with Crippen molar-refractivity contribution < 1.29 is 14.7 Å². The molecule has 12 heteroatoms. The van der Waals surface area contributed by atoms with E-state index in [4.69, 9.17) is 34.0 Å². The van der Waals surface area contributed by atoms with Gasteiger partial charge < -0.3 is 21.1 Å². The number of piperidine rings is 1. The molecule has 5 N–H and O–H groups in total. The lowest BCUT2D eigenvalue weighted by Crippen LogP contribution is -2.53. The van der Waals surface area contributed by atoms with Crippen LogP contribution in [0.3, 0.4) is 0 Å². The molecule has 162 valence electrons. The summed E-state index contributed by atoms with van der Waals surface area (Å²) in [4.78, 5) is 34.1. The second-order valence-corrected chi connectivity index (χ2v) is 8.39. The van der Waals surface area contributed by atoms with Crippen molar-refractivity contribution in [3.8, 4) is 11.3 Å². The van der Waals surface area contributed by atoms with Crippen molar-refractivity contribution in [1.29, 1.82) is 0 Å². The van der Waals surface area contributed by atoms with Crippen LogP contribution in [0.15, 0.2) is 18.2 Å². The van der Waals surface area contributed by atoms with E-state index in [1.165, 1.54) is 0 Å². The Morgan fingerprint density at radius 1 is 1.26 bits per heavy atom. The van der Waals surface area contributed by atoms with Crippen molar-refractivity contribution in [1.82, 2.24) is 25.5 Å². The number of hydrogen-bond donors (Lipinski definition) is 4. The van der Waals surface area contributed by atoms with Crippen LogP contribution in [0, 0.1) is 0 Å². The Balaban J connectivity index is 1.73. The van der Waals surface area contributed by atoms with Crippen molar-refractivity contribution in [2.24, 2.45) is 5.73 Å². The zero-order chi connectivity index (χ0) is 22.3. The van der Waals surface area contributed by atoms with Crippen molar-refractivity contribution >= 4 is 52.2 Å². The molecule has 10 nitrogen and oxygen atoms in total. The molecule has 1 saturated heterocycles. The molecule has 0 unspecified atom stereocenters. The maximum Gasteiger partial charge on any atom is 0.405 e. The lowest BCUT2D eigenvalue weighted by molar-refractivity contribution is 0.0996. The fraction of sp³-hybridized carbons (Fsp3) is 0.316. The predicted molar refractivity (Wildman–Crippen MR) is 117 cm³/mol. The highest BCUT2D eigenvalue weighted by atomic mass is 35.5. The van der Waals surface area contributed by atoms with E-state index in [0.29, 0.717) is 64.2 Å². The molecule has 0 aliphatic carbocycles. The minimum Gasteiger partial charge on any atom is -0.465 e. The Labute approximate surface area is 186 Å². The van der Waals surface area contributed by atoms with E-state index in [0.717, 1.165) is 0 Å². The van der Waals surface area contributed by atoms with Crippen LogP contribution in [0.1, 0.15) is 30.3 Å². The number of benzene rings is 1. The third kappa shape index (κ3) is 3.96. The molecule has 2 aromatic heterocycles. The van der Waals surface area contributed by atoms with Gasteiger partial charge >= 0.3 is 6.09 Å². The number of carboxylic acid groups (broad SMARTS) is 1. The number of rotatable bonds is 4. The van der Waals surface area contributed by atoms with Gasteiger partial charge in [-0.15, -0.1) is 0 Å². The summed E-state index contributed by atoms with van der Waals surface area (Å²) < 4.78 is 0. The topological polar surface area (TPSA) is 150 Å². The van der Waals surface area contributed by atoms with E-state index in [9.17, 15) is 9.59 Å². The van der Waals surface area contributed by atoms with Gasteiger partial charge in [0.2, 0.25) is 0 Å². The number of halogens is 2. The molecular formula is C19H19Cl2N7O3. The number of amides is 2. The summed E-state index contributed by atoms with van der Waals surface area (Å²) >= 11 is 12.4. The van der Waals surface area contributed by atoms with E-state index >= 15 is 0 Å². The number of aromatic nitrogens is 4. The van der Waals surface area contributed by atoms with Gasteiger partial charge in [-0.25, -0.2) is 14.8 Å². The Morgan fingerprint density at radius 2 is 1.97 bits per heavy atom. The van der Waals surface area contributed by atoms with E-state index in [-0.39, 0.29) is 5.69 Å². The van der Waals surface area contributed by atoms with Gasteiger partial charge in [0.25, 0.3) is 5.91 Å². The quantitative estimate of drug-likeness (QED) is 0.463. The van der Waals surface area contributed by atoms with Crippen molar-refractivity contribution in [3.63, 3.8) is 0 Å². The minimum atomic E-state index is -1.07. The molecule has 4 rings (SSSR count). The number of anilines is 1. The third-order valence-electron chi connectivity index (χ3n) is 5.39. The fourth-order valence-electron chi connectivity index (χ4n) is 3.69. The molecular weight excluding hydrogens is 445 g/mol. The van der Waals surface area contributed by atoms with Crippen LogP contribution < -0.4 is 16.0 Å². The third-order valence-corrected chi connectivity index (χ3v) is 6.21. The molecule has 0 atom stereocenters. The standard InChI is InChI=1S/C19H19Cl2N7O3/c1-19(25-18(30)31)5-7-28(8-6-19)17-14(15(22)29)23-13-12(26-27-16(13)24-17)9-3-2-4-10(20)11(9)21/h2-4,25H,5-8H2,1H3,(H2,22,29)(H,30,31)(H,24,26,27). The molecule has 1 fully saturated rings. The summed E-state index contributed by atoms with van der Waals surface area (Å²) in [6.45, 7) is 2.79. The fourth-order valence-corrected chi connectivity index (χ4v) is 4.08. The van der Waals surface area contributed by atoms with Crippen LogP contribution in [0.4, 0.5) is 10.6 Å². The summed E-state index contributed by atoms with van der Waals surface area (Å²) in [6.07, 6.45) is -0.00713. The number of carbonyl (C=O) groups is 2. The van der Waals surface area contributed by atoms with Gasteiger partial charge in [0, 0.05) is 24.2 Å². The lowest BCUT2D eigenvalue weighted by atomic mass is 9.89. The zero-order valence-corrected chi connectivity index (χ0v) is 18.0. The van der Waals surface area contributed by atoms with Crippen LogP contribution in [-0.4, -0.2) is 55.9 Å². The smallest absolute Gasteiger partial charge is 0.405 e. The largest absolute Gasteiger partial charge is 0.465 e. The SMILES string of the molecule is CC1(NC(=O)O)CCN(c2nc3[nH]nc(-c4cccc(Cl)c4Cl)c3nc2C(N)=O)CC1. The van der Waals surface area contributed by atoms with Gasteiger partial charge in [-0.2, -0.15) is 5.10 Å². The molecule has 3 heterocycles. The van der Waals surface area contributed by atoms with Crippen LogP contribution >= 0.6 is 23.2 Å². The van der Waals surface area contributed by atoms with E-state index in [1.807, 2.05) is 11.8 Å². The summed E-state index contributed by atoms with van der Waals surface area (Å²) in [6, 6.07) is 5.13. The minimum absolute atomic E-state index is 0.00287. The molecule has 0 spiro atoms. The average Bonchev–Trinajstić information content (AvgIpc) is 3.11. The Morgan fingerprint density at radius 3 is 2.61 bits per heavy atom. The molecule has 2 amide bonds. The zero-order valence-electron chi connectivity index (χ0n) is 16.4. The van der Waals surface area contributed by atoms with Gasteiger partial charge in [0.15, 0.2) is 17.2 Å². The highest BCUT2D eigenvalue weighted by Crippen LogP contribution is 2.36. The van der Waals surface area contributed by atoms with Crippen LogP contribution in [0.5, 0.6) is 0 Å². The number of nitrogens with zero attached hydrogens (tertiary/aromatic N) is 4. The second-order valence-electron chi connectivity index (χ2n) is 7.61. The normalized spacial score (nSPS) is 15.8. The monoisotopic (exact) mass is 463 g/mol.